The molecule has 0 aromatic heterocycles. The highest BCUT2D eigenvalue weighted by atomic mass is 35.5. The number of rotatable bonds is 4. The van der Waals surface area contributed by atoms with E-state index in [4.69, 9.17) is 23.2 Å². The van der Waals surface area contributed by atoms with Crippen molar-refractivity contribution in [1.82, 2.24) is 4.90 Å². The minimum absolute atomic E-state index is 0.00823. The van der Waals surface area contributed by atoms with Crippen LogP contribution in [0.1, 0.15) is 23.6 Å². The molecule has 0 radical (unpaired) electrons. The van der Waals surface area contributed by atoms with Crippen LogP contribution in [0.5, 0.6) is 0 Å². The molecular formula is C18H17Cl2NO2. The van der Waals surface area contributed by atoms with Crippen LogP contribution in [-0.2, 0) is 11.3 Å². The monoisotopic (exact) mass is 349 g/mol. The first kappa shape index (κ1) is 16.3. The molecule has 2 unspecified atom stereocenters. The highest BCUT2D eigenvalue weighted by Crippen LogP contribution is 2.44. The number of nitrogens with zero attached hydrogens (tertiary/aromatic N) is 1. The third-order valence-corrected chi connectivity index (χ3v) is 4.92. The number of hydrogen-bond donors (Lipinski definition) is 1. The van der Waals surface area contributed by atoms with Crippen LogP contribution in [0, 0.1) is 5.92 Å². The largest absolute Gasteiger partial charge is 0.396 e. The van der Waals surface area contributed by atoms with Gasteiger partial charge in [-0.05, 0) is 17.7 Å². The fourth-order valence-electron chi connectivity index (χ4n) is 3.18. The molecule has 5 heteroatoms. The average molecular weight is 350 g/mol. The average Bonchev–Trinajstić information content (AvgIpc) is 2.85. The Labute approximate surface area is 145 Å². The summed E-state index contributed by atoms with van der Waals surface area (Å²) in [4.78, 5) is 14.3. The molecule has 1 fully saturated rings. The molecule has 1 amide bonds. The molecule has 0 aliphatic carbocycles. The van der Waals surface area contributed by atoms with Crippen molar-refractivity contribution >= 4 is 29.1 Å². The van der Waals surface area contributed by atoms with Gasteiger partial charge in [0.25, 0.3) is 0 Å². The summed E-state index contributed by atoms with van der Waals surface area (Å²) in [6.45, 7) is 0.394. The van der Waals surface area contributed by atoms with Gasteiger partial charge in [-0.2, -0.15) is 0 Å². The smallest absolute Gasteiger partial charge is 0.223 e. The second-order valence-electron chi connectivity index (χ2n) is 5.73. The van der Waals surface area contributed by atoms with Crippen LogP contribution in [0.4, 0.5) is 0 Å². The first-order chi connectivity index (χ1) is 11.1. The molecule has 1 heterocycles. The summed E-state index contributed by atoms with van der Waals surface area (Å²) in [7, 11) is 0. The maximum atomic E-state index is 12.5. The number of likely N-dealkylation sites (tertiary alicyclic amines) is 1. The minimum atomic E-state index is -0.311. The number of aliphatic hydroxyl groups excluding tert-OH is 1. The zero-order valence-electron chi connectivity index (χ0n) is 12.5. The molecule has 1 N–H and O–H groups in total. The van der Waals surface area contributed by atoms with Crippen molar-refractivity contribution in [3.8, 4) is 0 Å². The van der Waals surface area contributed by atoms with Crippen molar-refractivity contribution in [3.05, 3.63) is 69.7 Å². The van der Waals surface area contributed by atoms with Crippen molar-refractivity contribution in [3.63, 3.8) is 0 Å². The van der Waals surface area contributed by atoms with Gasteiger partial charge < -0.3 is 10.0 Å². The Morgan fingerprint density at radius 1 is 1.04 bits per heavy atom. The third-order valence-electron chi connectivity index (χ3n) is 4.27. The summed E-state index contributed by atoms with van der Waals surface area (Å²) in [5.74, 6) is -0.197. The standard InChI is InChI=1S/C18H17Cl2NO2/c19-14-7-4-8-15(20)17(14)18-13(11-22)9-16(23)21(18)10-12-5-2-1-3-6-12/h1-8,13,18,22H,9-11H2. The van der Waals surface area contributed by atoms with E-state index >= 15 is 0 Å². The lowest BCUT2D eigenvalue weighted by molar-refractivity contribution is -0.129. The third kappa shape index (κ3) is 3.23. The van der Waals surface area contributed by atoms with Gasteiger partial charge in [0.15, 0.2) is 0 Å². The predicted molar refractivity (Wildman–Crippen MR) is 91.4 cm³/mol. The van der Waals surface area contributed by atoms with Crippen LogP contribution in [0.3, 0.4) is 0 Å². The number of carbonyl (C=O) groups excluding carboxylic acids is 1. The fraction of sp³-hybridized carbons (Fsp3) is 0.278. The topological polar surface area (TPSA) is 40.5 Å². The van der Waals surface area contributed by atoms with E-state index in [0.29, 0.717) is 23.0 Å². The number of hydrogen-bond acceptors (Lipinski definition) is 2. The molecule has 0 bridgehead atoms. The van der Waals surface area contributed by atoms with Gasteiger partial charge in [0.05, 0.1) is 6.04 Å². The van der Waals surface area contributed by atoms with Crippen LogP contribution in [0.2, 0.25) is 10.0 Å². The van der Waals surface area contributed by atoms with Crippen molar-refractivity contribution in [1.29, 1.82) is 0 Å². The van der Waals surface area contributed by atoms with Gasteiger partial charge in [-0.25, -0.2) is 0 Å². The Bertz CT molecular complexity index is 685. The Balaban J connectivity index is 2.00. The molecule has 120 valence electrons. The van der Waals surface area contributed by atoms with Crippen LogP contribution in [0.15, 0.2) is 48.5 Å². The first-order valence-corrected chi connectivity index (χ1v) is 8.25. The summed E-state index contributed by atoms with van der Waals surface area (Å²) in [5, 5.41) is 10.8. The van der Waals surface area contributed by atoms with Gasteiger partial charge in [-0.15, -0.1) is 0 Å². The van der Waals surface area contributed by atoms with Gasteiger partial charge in [0.2, 0.25) is 5.91 Å². The highest BCUT2D eigenvalue weighted by molar-refractivity contribution is 6.36. The molecule has 2 atom stereocenters. The van der Waals surface area contributed by atoms with Gasteiger partial charge in [-0.1, -0.05) is 59.6 Å². The van der Waals surface area contributed by atoms with E-state index < -0.39 is 0 Å². The normalized spacial score (nSPS) is 21.0. The summed E-state index contributed by atoms with van der Waals surface area (Å²) >= 11 is 12.7. The molecule has 0 spiro atoms. The van der Waals surface area contributed by atoms with Crippen LogP contribution in [0.25, 0.3) is 0 Å². The zero-order chi connectivity index (χ0) is 16.4. The van der Waals surface area contributed by atoms with Crippen molar-refractivity contribution < 1.29 is 9.90 Å². The lowest BCUT2D eigenvalue weighted by atomic mass is 9.94. The van der Waals surface area contributed by atoms with Crippen LogP contribution in [-0.4, -0.2) is 22.5 Å². The number of halogens is 2. The van der Waals surface area contributed by atoms with Gasteiger partial charge >= 0.3 is 0 Å². The SMILES string of the molecule is O=C1CC(CO)C(c2c(Cl)cccc2Cl)N1Cc1ccccc1. The number of carbonyl (C=O) groups is 1. The second kappa shape index (κ2) is 6.91. The lowest BCUT2D eigenvalue weighted by Gasteiger charge is -2.29. The highest BCUT2D eigenvalue weighted by Gasteiger charge is 2.41. The quantitative estimate of drug-likeness (QED) is 0.903. The molecular weight excluding hydrogens is 333 g/mol. The maximum absolute atomic E-state index is 12.5. The number of amides is 1. The van der Waals surface area contributed by atoms with Crippen molar-refractivity contribution in [2.75, 3.05) is 6.61 Å². The van der Waals surface area contributed by atoms with E-state index in [2.05, 4.69) is 0 Å². The zero-order valence-corrected chi connectivity index (χ0v) is 14.0. The molecule has 1 aliphatic rings. The number of benzene rings is 2. The molecule has 0 saturated carbocycles. The maximum Gasteiger partial charge on any atom is 0.223 e. The van der Waals surface area contributed by atoms with E-state index in [1.165, 1.54) is 0 Å². The van der Waals surface area contributed by atoms with E-state index in [-0.39, 0.29) is 24.5 Å². The molecule has 2 aromatic rings. The lowest BCUT2D eigenvalue weighted by Crippen LogP contribution is -2.29. The summed E-state index contributed by atoms with van der Waals surface area (Å²) in [6, 6.07) is 14.8. The Hall–Kier alpha value is -1.55. The summed E-state index contributed by atoms with van der Waals surface area (Å²) in [6.07, 6.45) is 0.301. The molecule has 1 aliphatic heterocycles. The van der Waals surface area contributed by atoms with E-state index in [9.17, 15) is 9.90 Å². The van der Waals surface area contributed by atoms with Crippen LogP contribution < -0.4 is 0 Å². The Kier molecular flexibility index (Phi) is 4.90. The van der Waals surface area contributed by atoms with E-state index in [1.54, 1.807) is 23.1 Å². The molecule has 2 aromatic carbocycles. The molecule has 3 nitrogen and oxygen atoms in total. The molecule has 1 saturated heterocycles. The Morgan fingerprint density at radius 2 is 1.70 bits per heavy atom. The van der Waals surface area contributed by atoms with Gasteiger partial charge in [-0.3, -0.25) is 4.79 Å². The molecule has 3 rings (SSSR count). The summed E-state index contributed by atoms with van der Waals surface area (Å²) < 4.78 is 0. The van der Waals surface area contributed by atoms with Gasteiger partial charge in [0, 0.05) is 41.1 Å². The van der Waals surface area contributed by atoms with Gasteiger partial charge in [0.1, 0.15) is 0 Å². The Morgan fingerprint density at radius 3 is 2.30 bits per heavy atom. The summed E-state index contributed by atoms with van der Waals surface area (Å²) in [5.41, 5.74) is 1.75. The van der Waals surface area contributed by atoms with Crippen molar-refractivity contribution in [2.45, 2.75) is 19.0 Å². The second-order valence-corrected chi connectivity index (χ2v) is 6.55. The fourth-order valence-corrected chi connectivity index (χ4v) is 3.80. The number of aliphatic hydroxyl groups is 1. The minimum Gasteiger partial charge on any atom is -0.396 e. The van der Waals surface area contributed by atoms with Crippen molar-refractivity contribution in [2.24, 2.45) is 5.92 Å². The van der Waals surface area contributed by atoms with Crippen LogP contribution >= 0.6 is 23.2 Å². The predicted octanol–water partition coefficient (Wildman–Crippen LogP) is 4.08. The van der Waals surface area contributed by atoms with E-state index in [1.807, 2.05) is 30.3 Å². The molecule has 23 heavy (non-hydrogen) atoms. The first-order valence-electron chi connectivity index (χ1n) is 7.50. The van der Waals surface area contributed by atoms with E-state index in [0.717, 1.165) is 11.1 Å².